The summed E-state index contributed by atoms with van der Waals surface area (Å²) in [5.41, 5.74) is 3.54. The number of hydrogen-bond donors (Lipinski definition) is 3. The first-order valence-corrected chi connectivity index (χ1v) is 6.26. The highest BCUT2D eigenvalue weighted by Gasteiger charge is 2.13. The fraction of sp³-hybridized carbons (Fsp3) is 0.0833. The zero-order valence-corrected chi connectivity index (χ0v) is 11.7. The van der Waals surface area contributed by atoms with Gasteiger partial charge in [0.25, 0.3) is 5.91 Å². The second-order valence-electron chi connectivity index (χ2n) is 3.81. The van der Waals surface area contributed by atoms with Crippen LogP contribution in [0.15, 0.2) is 34.9 Å². The van der Waals surface area contributed by atoms with Gasteiger partial charge in [-0.15, -0.1) is 0 Å². The van der Waals surface area contributed by atoms with Crippen molar-refractivity contribution in [2.24, 2.45) is 5.84 Å². The minimum absolute atomic E-state index is 0.299. The maximum absolute atomic E-state index is 12.1. The molecule has 0 saturated carbocycles. The summed E-state index contributed by atoms with van der Waals surface area (Å²) in [7, 11) is 0. The van der Waals surface area contributed by atoms with Gasteiger partial charge < -0.3 is 10.7 Å². The monoisotopic (exact) mass is 321 g/mol. The van der Waals surface area contributed by atoms with Gasteiger partial charge in [-0.2, -0.15) is 0 Å². The Balaban J connectivity index is 2.27. The maximum atomic E-state index is 12.1. The van der Waals surface area contributed by atoms with Crippen LogP contribution < -0.4 is 16.6 Å². The Morgan fingerprint density at radius 2 is 2.21 bits per heavy atom. The van der Waals surface area contributed by atoms with Gasteiger partial charge in [-0.1, -0.05) is 6.07 Å². The lowest BCUT2D eigenvalue weighted by atomic mass is 10.2. The van der Waals surface area contributed by atoms with Crippen LogP contribution in [0, 0.1) is 6.92 Å². The van der Waals surface area contributed by atoms with E-state index in [1.807, 2.05) is 19.1 Å². The van der Waals surface area contributed by atoms with Crippen LogP contribution in [-0.4, -0.2) is 15.9 Å². The third-order valence-corrected chi connectivity index (χ3v) is 2.80. The Morgan fingerprint density at radius 1 is 1.42 bits per heavy atom. The molecule has 0 unspecified atom stereocenters. The van der Waals surface area contributed by atoms with E-state index in [4.69, 9.17) is 5.84 Å². The predicted octanol–water partition coefficient (Wildman–Crippen LogP) is 2.09. The molecule has 0 atom stereocenters. The van der Waals surface area contributed by atoms with Gasteiger partial charge in [0.2, 0.25) is 0 Å². The van der Waals surface area contributed by atoms with Gasteiger partial charge in [-0.25, -0.2) is 15.8 Å². The average Bonchev–Trinajstić information content (AvgIpc) is 2.38. The number of rotatable bonds is 3. The summed E-state index contributed by atoms with van der Waals surface area (Å²) >= 11 is 3.26. The third kappa shape index (κ3) is 3.27. The smallest absolute Gasteiger partial charge is 0.260 e. The molecule has 0 radical (unpaired) electrons. The first-order chi connectivity index (χ1) is 9.10. The Bertz CT molecular complexity index is 617. The molecule has 0 saturated heterocycles. The van der Waals surface area contributed by atoms with E-state index < -0.39 is 0 Å². The molecule has 7 heteroatoms. The van der Waals surface area contributed by atoms with E-state index in [0.29, 0.717) is 21.7 Å². The van der Waals surface area contributed by atoms with E-state index in [1.54, 1.807) is 18.3 Å². The molecule has 2 rings (SSSR count). The lowest BCUT2D eigenvalue weighted by molar-refractivity contribution is 0.102. The van der Waals surface area contributed by atoms with Gasteiger partial charge in [-0.3, -0.25) is 4.79 Å². The van der Waals surface area contributed by atoms with Gasteiger partial charge >= 0.3 is 0 Å². The fourth-order valence-corrected chi connectivity index (χ4v) is 1.85. The van der Waals surface area contributed by atoms with Crippen molar-refractivity contribution in [1.82, 2.24) is 9.97 Å². The standard InChI is InChI=1S/C12H12BrN5O/c1-7-3-2-4-10(16-7)17-12(19)9-5-8(13)6-15-11(9)18-14/h2-6H,14H2,1H3,(H,15,18)(H,16,17,19). The Hall–Kier alpha value is -1.99. The quantitative estimate of drug-likeness (QED) is 0.594. The van der Waals surface area contributed by atoms with E-state index in [9.17, 15) is 4.79 Å². The molecule has 0 fully saturated rings. The van der Waals surface area contributed by atoms with Crippen molar-refractivity contribution >= 4 is 33.5 Å². The summed E-state index contributed by atoms with van der Waals surface area (Å²) < 4.78 is 0.689. The maximum Gasteiger partial charge on any atom is 0.260 e. The highest BCUT2D eigenvalue weighted by atomic mass is 79.9. The minimum Gasteiger partial charge on any atom is -0.308 e. The normalized spacial score (nSPS) is 10.1. The number of amides is 1. The first-order valence-electron chi connectivity index (χ1n) is 5.47. The van der Waals surface area contributed by atoms with Crippen molar-refractivity contribution in [3.8, 4) is 0 Å². The number of pyridine rings is 2. The summed E-state index contributed by atoms with van der Waals surface area (Å²) in [6, 6.07) is 7.02. The van der Waals surface area contributed by atoms with Crippen LogP contribution >= 0.6 is 15.9 Å². The number of carbonyl (C=O) groups excluding carboxylic acids is 1. The number of halogens is 1. The van der Waals surface area contributed by atoms with Crippen molar-refractivity contribution < 1.29 is 4.79 Å². The van der Waals surface area contributed by atoms with Crippen LogP contribution in [0.1, 0.15) is 16.1 Å². The molecule has 0 bridgehead atoms. The Morgan fingerprint density at radius 3 is 2.89 bits per heavy atom. The third-order valence-electron chi connectivity index (χ3n) is 2.37. The second kappa shape index (κ2) is 5.77. The lowest BCUT2D eigenvalue weighted by Gasteiger charge is -2.09. The van der Waals surface area contributed by atoms with E-state index in [2.05, 4.69) is 36.6 Å². The van der Waals surface area contributed by atoms with Crippen LogP contribution in [0.2, 0.25) is 0 Å². The summed E-state index contributed by atoms with van der Waals surface area (Å²) in [5.74, 6) is 5.78. The molecule has 1 amide bonds. The van der Waals surface area contributed by atoms with Crippen LogP contribution in [0.5, 0.6) is 0 Å². The number of nitrogens with zero attached hydrogens (tertiary/aromatic N) is 2. The topological polar surface area (TPSA) is 92.9 Å². The molecule has 2 aromatic rings. The lowest BCUT2D eigenvalue weighted by Crippen LogP contribution is -2.19. The van der Waals surface area contributed by atoms with Crippen LogP contribution in [0.25, 0.3) is 0 Å². The zero-order valence-electron chi connectivity index (χ0n) is 10.1. The first kappa shape index (κ1) is 13.4. The summed E-state index contributed by atoms with van der Waals surface area (Å²) in [6.07, 6.45) is 1.55. The number of hydrazine groups is 1. The molecular weight excluding hydrogens is 310 g/mol. The van der Waals surface area contributed by atoms with Crippen LogP contribution in [0.4, 0.5) is 11.6 Å². The number of carbonyl (C=O) groups is 1. The number of nitrogens with two attached hydrogens (primary N) is 1. The molecular formula is C12H12BrN5O. The van der Waals surface area contributed by atoms with Crippen LogP contribution in [-0.2, 0) is 0 Å². The van der Waals surface area contributed by atoms with Gasteiger partial charge in [0.15, 0.2) is 5.82 Å². The fourth-order valence-electron chi connectivity index (χ4n) is 1.52. The molecule has 0 aliphatic carbocycles. The largest absolute Gasteiger partial charge is 0.308 e. The molecule has 0 spiro atoms. The van der Waals surface area contributed by atoms with Gasteiger partial charge in [0, 0.05) is 16.4 Å². The SMILES string of the molecule is Cc1cccc(NC(=O)c2cc(Br)cnc2NN)n1. The summed E-state index contributed by atoms with van der Waals surface area (Å²) in [6.45, 7) is 1.85. The molecule has 0 aliphatic heterocycles. The molecule has 6 nitrogen and oxygen atoms in total. The number of aromatic nitrogens is 2. The molecule has 19 heavy (non-hydrogen) atoms. The minimum atomic E-state index is -0.333. The zero-order chi connectivity index (χ0) is 13.8. The van der Waals surface area contributed by atoms with Gasteiger partial charge in [0.05, 0.1) is 5.56 Å². The Kier molecular flexibility index (Phi) is 4.08. The van der Waals surface area contributed by atoms with E-state index >= 15 is 0 Å². The molecule has 2 heterocycles. The van der Waals surface area contributed by atoms with E-state index in [0.717, 1.165) is 5.69 Å². The van der Waals surface area contributed by atoms with Crippen molar-refractivity contribution in [3.63, 3.8) is 0 Å². The van der Waals surface area contributed by atoms with E-state index in [-0.39, 0.29) is 5.91 Å². The van der Waals surface area contributed by atoms with E-state index in [1.165, 1.54) is 0 Å². The summed E-state index contributed by atoms with van der Waals surface area (Å²) in [5, 5.41) is 2.69. The van der Waals surface area contributed by atoms with Gasteiger partial charge in [-0.05, 0) is 41.1 Å². The molecule has 2 aromatic heterocycles. The van der Waals surface area contributed by atoms with Crippen molar-refractivity contribution in [2.75, 3.05) is 10.7 Å². The Labute approximate surface area is 118 Å². The highest BCUT2D eigenvalue weighted by molar-refractivity contribution is 9.10. The van der Waals surface area contributed by atoms with Gasteiger partial charge in [0.1, 0.15) is 5.82 Å². The molecule has 0 aromatic carbocycles. The molecule has 4 N–H and O–H groups in total. The molecule has 0 aliphatic rings. The predicted molar refractivity (Wildman–Crippen MR) is 76.7 cm³/mol. The van der Waals surface area contributed by atoms with Crippen LogP contribution in [0.3, 0.4) is 0 Å². The number of nitrogen functional groups attached to an aromatic ring is 1. The summed E-state index contributed by atoms with van der Waals surface area (Å²) in [4.78, 5) is 20.4. The molecule has 98 valence electrons. The highest BCUT2D eigenvalue weighted by Crippen LogP contribution is 2.18. The number of nitrogens with one attached hydrogen (secondary N) is 2. The van der Waals surface area contributed by atoms with Crippen molar-refractivity contribution in [3.05, 3.63) is 46.2 Å². The number of anilines is 2. The van der Waals surface area contributed by atoms with Crippen molar-refractivity contribution in [1.29, 1.82) is 0 Å². The number of aryl methyl sites for hydroxylation is 1. The van der Waals surface area contributed by atoms with Crippen molar-refractivity contribution in [2.45, 2.75) is 6.92 Å². The average molecular weight is 322 g/mol. The second-order valence-corrected chi connectivity index (χ2v) is 4.73. The number of hydrogen-bond acceptors (Lipinski definition) is 5.